The quantitative estimate of drug-likeness (QED) is 0.569. The SMILES string of the molecule is Cc1nc(NC(=O)Cc2cccc3ccc(-c4cccnc4)nc23)sc1C. The number of hydrogen-bond donors (Lipinski definition) is 1. The van der Waals surface area contributed by atoms with Gasteiger partial charge in [-0.25, -0.2) is 9.97 Å². The summed E-state index contributed by atoms with van der Waals surface area (Å²) in [5.41, 5.74) is 4.46. The number of pyridine rings is 2. The van der Waals surface area contributed by atoms with Crippen LogP contribution < -0.4 is 5.32 Å². The second-order valence-electron chi connectivity index (χ2n) is 6.31. The summed E-state index contributed by atoms with van der Waals surface area (Å²) in [6.45, 7) is 3.94. The molecular weight excluding hydrogens is 356 g/mol. The van der Waals surface area contributed by atoms with Crippen molar-refractivity contribution in [2.45, 2.75) is 20.3 Å². The molecule has 0 fully saturated rings. The van der Waals surface area contributed by atoms with Crippen molar-refractivity contribution in [3.05, 3.63) is 71.0 Å². The Kier molecular flexibility index (Phi) is 4.64. The number of para-hydroxylation sites is 1. The Labute approximate surface area is 161 Å². The van der Waals surface area contributed by atoms with Crippen LogP contribution in [0.15, 0.2) is 54.9 Å². The number of benzene rings is 1. The molecular formula is C21H18N4OS. The van der Waals surface area contributed by atoms with Crippen molar-refractivity contribution in [2.75, 3.05) is 5.32 Å². The van der Waals surface area contributed by atoms with Gasteiger partial charge in [0.05, 0.1) is 23.3 Å². The Balaban J connectivity index is 1.63. The zero-order valence-electron chi connectivity index (χ0n) is 15.1. The third-order valence-electron chi connectivity index (χ3n) is 4.39. The number of nitrogens with zero attached hydrogens (tertiary/aromatic N) is 3. The van der Waals surface area contributed by atoms with Crippen molar-refractivity contribution < 1.29 is 4.79 Å². The molecule has 3 aromatic heterocycles. The zero-order chi connectivity index (χ0) is 18.8. The minimum absolute atomic E-state index is 0.0927. The Morgan fingerprint density at radius 3 is 2.70 bits per heavy atom. The first kappa shape index (κ1) is 17.3. The first-order valence-electron chi connectivity index (χ1n) is 8.63. The molecule has 6 heteroatoms. The molecule has 1 aromatic carbocycles. The predicted octanol–water partition coefficient (Wildman–Crippen LogP) is 4.55. The number of fused-ring (bicyclic) bond motifs is 1. The zero-order valence-corrected chi connectivity index (χ0v) is 15.9. The van der Waals surface area contributed by atoms with Gasteiger partial charge in [-0.1, -0.05) is 24.3 Å². The lowest BCUT2D eigenvalue weighted by atomic mass is 10.0. The maximum Gasteiger partial charge on any atom is 0.230 e. The van der Waals surface area contributed by atoms with Crippen LogP contribution in [0.4, 0.5) is 5.13 Å². The molecule has 0 radical (unpaired) electrons. The molecule has 0 aliphatic heterocycles. The highest BCUT2D eigenvalue weighted by molar-refractivity contribution is 7.15. The van der Waals surface area contributed by atoms with E-state index in [1.165, 1.54) is 11.3 Å². The number of nitrogens with one attached hydrogen (secondary N) is 1. The number of rotatable bonds is 4. The average Bonchev–Trinajstić information content (AvgIpc) is 2.99. The second-order valence-corrected chi connectivity index (χ2v) is 7.52. The van der Waals surface area contributed by atoms with Crippen LogP contribution in [0.2, 0.25) is 0 Å². The number of aromatic nitrogens is 3. The third kappa shape index (κ3) is 3.71. The smallest absolute Gasteiger partial charge is 0.230 e. The maximum absolute atomic E-state index is 12.5. The van der Waals surface area contributed by atoms with E-state index in [1.807, 2.05) is 56.3 Å². The van der Waals surface area contributed by atoms with E-state index in [1.54, 1.807) is 12.4 Å². The monoisotopic (exact) mass is 374 g/mol. The first-order valence-corrected chi connectivity index (χ1v) is 9.45. The number of thiazole rings is 1. The summed E-state index contributed by atoms with van der Waals surface area (Å²) >= 11 is 1.49. The Morgan fingerprint density at radius 2 is 1.96 bits per heavy atom. The van der Waals surface area contributed by atoms with Gasteiger partial charge in [-0.3, -0.25) is 9.78 Å². The molecule has 0 aliphatic carbocycles. The van der Waals surface area contributed by atoms with E-state index < -0.39 is 0 Å². The van der Waals surface area contributed by atoms with Gasteiger partial charge in [0.15, 0.2) is 5.13 Å². The highest BCUT2D eigenvalue weighted by atomic mass is 32.1. The van der Waals surface area contributed by atoms with E-state index in [0.717, 1.165) is 38.3 Å². The number of anilines is 1. The molecule has 27 heavy (non-hydrogen) atoms. The van der Waals surface area contributed by atoms with Gasteiger partial charge in [0, 0.05) is 28.2 Å². The Bertz CT molecular complexity index is 1100. The van der Waals surface area contributed by atoms with Crippen LogP contribution in [-0.2, 0) is 11.2 Å². The number of amides is 1. The minimum atomic E-state index is -0.0927. The van der Waals surface area contributed by atoms with Crippen LogP contribution in [0.25, 0.3) is 22.2 Å². The lowest BCUT2D eigenvalue weighted by molar-refractivity contribution is -0.115. The lowest BCUT2D eigenvalue weighted by Gasteiger charge is -2.08. The van der Waals surface area contributed by atoms with Crippen molar-refractivity contribution in [2.24, 2.45) is 0 Å². The van der Waals surface area contributed by atoms with E-state index in [2.05, 4.69) is 15.3 Å². The highest BCUT2D eigenvalue weighted by Gasteiger charge is 2.12. The predicted molar refractivity (Wildman–Crippen MR) is 109 cm³/mol. The second kappa shape index (κ2) is 7.25. The number of carbonyl (C=O) groups is 1. The molecule has 1 amide bonds. The molecule has 4 rings (SSSR count). The van der Waals surface area contributed by atoms with Crippen LogP contribution in [0.3, 0.4) is 0 Å². The number of hydrogen-bond acceptors (Lipinski definition) is 5. The van der Waals surface area contributed by atoms with Crippen LogP contribution in [0, 0.1) is 13.8 Å². The van der Waals surface area contributed by atoms with Crippen molar-refractivity contribution in [1.29, 1.82) is 0 Å². The van der Waals surface area contributed by atoms with Gasteiger partial charge in [0.1, 0.15) is 0 Å². The van der Waals surface area contributed by atoms with Crippen molar-refractivity contribution in [3.63, 3.8) is 0 Å². The Morgan fingerprint density at radius 1 is 1.07 bits per heavy atom. The van der Waals surface area contributed by atoms with E-state index in [9.17, 15) is 4.79 Å². The van der Waals surface area contributed by atoms with E-state index in [0.29, 0.717) is 5.13 Å². The normalized spacial score (nSPS) is 10.9. The summed E-state index contributed by atoms with van der Waals surface area (Å²) in [5, 5.41) is 4.54. The van der Waals surface area contributed by atoms with Gasteiger partial charge in [-0.2, -0.15) is 0 Å². The van der Waals surface area contributed by atoms with Crippen LogP contribution in [0.5, 0.6) is 0 Å². The summed E-state index contributed by atoms with van der Waals surface area (Å²) in [4.78, 5) is 26.9. The molecule has 0 bridgehead atoms. The number of aryl methyl sites for hydroxylation is 2. The highest BCUT2D eigenvalue weighted by Crippen LogP contribution is 2.24. The lowest BCUT2D eigenvalue weighted by Crippen LogP contribution is -2.14. The molecule has 0 aliphatic rings. The fourth-order valence-corrected chi connectivity index (χ4v) is 3.72. The molecule has 4 aromatic rings. The van der Waals surface area contributed by atoms with Gasteiger partial charge >= 0.3 is 0 Å². The standard InChI is InChI=1S/C21H18N4OS/c1-13-14(2)27-21(23-13)25-19(26)11-16-6-3-5-15-8-9-18(24-20(15)16)17-7-4-10-22-12-17/h3-10,12H,11H2,1-2H3,(H,23,25,26). The summed E-state index contributed by atoms with van der Waals surface area (Å²) in [6.07, 6.45) is 3.78. The first-order chi connectivity index (χ1) is 13.1. The largest absolute Gasteiger partial charge is 0.302 e. The molecule has 0 unspecified atom stereocenters. The molecule has 0 saturated heterocycles. The van der Waals surface area contributed by atoms with Crippen molar-refractivity contribution >= 4 is 33.3 Å². The van der Waals surface area contributed by atoms with Crippen LogP contribution in [-0.4, -0.2) is 20.9 Å². The molecule has 3 heterocycles. The van der Waals surface area contributed by atoms with Gasteiger partial charge in [-0.05, 0) is 37.6 Å². The molecule has 0 saturated carbocycles. The minimum Gasteiger partial charge on any atom is -0.302 e. The van der Waals surface area contributed by atoms with Gasteiger partial charge in [0.2, 0.25) is 5.91 Å². The van der Waals surface area contributed by atoms with E-state index >= 15 is 0 Å². The average molecular weight is 374 g/mol. The van der Waals surface area contributed by atoms with Crippen molar-refractivity contribution in [1.82, 2.24) is 15.0 Å². The van der Waals surface area contributed by atoms with Crippen LogP contribution >= 0.6 is 11.3 Å². The topological polar surface area (TPSA) is 67.8 Å². The van der Waals surface area contributed by atoms with Crippen LogP contribution in [0.1, 0.15) is 16.1 Å². The summed E-state index contributed by atoms with van der Waals surface area (Å²) in [7, 11) is 0. The molecule has 5 nitrogen and oxygen atoms in total. The molecule has 0 spiro atoms. The Hall–Kier alpha value is -3.12. The van der Waals surface area contributed by atoms with E-state index in [4.69, 9.17) is 4.98 Å². The fourth-order valence-electron chi connectivity index (χ4n) is 2.89. The molecule has 134 valence electrons. The molecule has 0 atom stereocenters. The molecule has 1 N–H and O–H groups in total. The van der Waals surface area contributed by atoms with E-state index in [-0.39, 0.29) is 12.3 Å². The summed E-state index contributed by atoms with van der Waals surface area (Å²) in [5.74, 6) is -0.0927. The van der Waals surface area contributed by atoms with Gasteiger partial charge in [-0.15, -0.1) is 11.3 Å². The van der Waals surface area contributed by atoms with Gasteiger partial charge < -0.3 is 5.32 Å². The summed E-state index contributed by atoms with van der Waals surface area (Å²) < 4.78 is 0. The maximum atomic E-state index is 12.5. The van der Waals surface area contributed by atoms with Gasteiger partial charge in [0.25, 0.3) is 0 Å². The van der Waals surface area contributed by atoms with Crippen molar-refractivity contribution in [3.8, 4) is 11.3 Å². The third-order valence-corrected chi connectivity index (χ3v) is 5.38. The number of carbonyl (C=O) groups excluding carboxylic acids is 1. The fraction of sp³-hybridized carbons (Fsp3) is 0.143. The summed E-state index contributed by atoms with van der Waals surface area (Å²) in [6, 6.07) is 13.8.